The van der Waals surface area contributed by atoms with Crippen LogP contribution in [0, 0.1) is 47.3 Å². The van der Waals surface area contributed by atoms with Crippen LogP contribution in [-0.4, -0.2) is 49.3 Å². The Bertz CT molecular complexity index is 738. The van der Waals surface area contributed by atoms with Crippen LogP contribution in [0.4, 0.5) is 0 Å². The van der Waals surface area contributed by atoms with Crippen LogP contribution in [0.1, 0.15) is 103 Å². The maximum atomic E-state index is 8.25. The molecular weight excluding hydrogens is 560 g/mol. The monoisotopic (exact) mass is 616 g/mol. The van der Waals surface area contributed by atoms with Crippen LogP contribution in [0.2, 0.25) is 0 Å². The Kier molecular flexibility index (Phi) is 9.00. The van der Waals surface area contributed by atoms with Gasteiger partial charge in [-0.3, -0.25) is 42.5 Å². The zero-order chi connectivity index (χ0) is 28.2. The van der Waals surface area contributed by atoms with Crippen molar-refractivity contribution in [3.05, 3.63) is 0 Å². The average molecular weight is 617 g/mol. The first-order chi connectivity index (χ1) is 20.8. The fraction of sp³-hybridized carbons (Fsp3) is 1.00. The second kappa shape index (κ2) is 12.8. The number of nitrogens with one attached hydrogen (secondary N) is 8. The Hall–Kier alpha value is 0.194. The van der Waals surface area contributed by atoms with Crippen molar-refractivity contribution in [2.75, 3.05) is 0 Å². The van der Waals surface area contributed by atoms with Crippen LogP contribution in [0.15, 0.2) is 0 Å². The van der Waals surface area contributed by atoms with Gasteiger partial charge in [0.15, 0.2) is 0 Å². The van der Waals surface area contributed by atoms with Gasteiger partial charge in [0.2, 0.25) is 0 Å². The average Bonchev–Trinajstić information content (AvgIpc) is 3.78. The van der Waals surface area contributed by atoms with Gasteiger partial charge in [0.1, 0.15) is 0 Å². The number of hydrogen-bond donors (Lipinski definition) is 8. The molecule has 234 valence electrons. The molecule has 10 heteroatoms. The first kappa shape index (κ1) is 29.6. The minimum atomic E-state index is 0.420. The van der Waals surface area contributed by atoms with E-state index in [9.17, 15) is 0 Å². The molecule has 5 heterocycles. The van der Waals surface area contributed by atoms with Gasteiger partial charge in [-0.05, 0) is 98.7 Å². The normalized spacial score (nSPS) is 54.9. The van der Waals surface area contributed by atoms with E-state index in [4.69, 9.17) is 3.32 Å². The van der Waals surface area contributed by atoms with E-state index >= 15 is 0 Å². The van der Waals surface area contributed by atoms with Crippen molar-refractivity contribution in [3.8, 4) is 0 Å². The molecule has 0 aromatic heterocycles. The van der Waals surface area contributed by atoms with Crippen molar-refractivity contribution in [1.29, 1.82) is 0 Å². The fourth-order valence-corrected chi connectivity index (χ4v) is 12.0. The van der Waals surface area contributed by atoms with Gasteiger partial charge in [-0.15, -0.1) is 0 Å². The molecule has 5 aliphatic heterocycles. The predicted molar refractivity (Wildman–Crippen MR) is 158 cm³/mol. The van der Waals surface area contributed by atoms with Crippen LogP contribution < -0.4 is 42.5 Å². The summed E-state index contributed by atoms with van der Waals surface area (Å²) in [5.41, 5.74) is 0. The Balaban J connectivity index is 0.00000131. The first-order valence-corrected chi connectivity index (χ1v) is 18.7. The topological polar surface area (TPSA) is 113 Å². The molecule has 42 heavy (non-hydrogen) atoms. The van der Waals surface area contributed by atoms with Crippen molar-refractivity contribution < 1.29 is 23.7 Å². The summed E-state index contributed by atoms with van der Waals surface area (Å²) in [6, 6.07) is 0. The Labute approximate surface area is 264 Å². The van der Waals surface area contributed by atoms with Crippen LogP contribution in [0.5, 0.6) is 0 Å². The van der Waals surface area contributed by atoms with Crippen molar-refractivity contribution >= 4 is 0 Å². The molecule has 9 fully saturated rings. The van der Waals surface area contributed by atoms with Crippen molar-refractivity contribution in [3.63, 3.8) is 0 Å². The third-order valence-corrected chi connectivity index (χ3v) is 13.8. The van der Waals surface area contributed by atoms with Crippen molar-refractivity contribution in [2.24, 2.45) is 47.3 Å². The van der Waals surface area contributed by atoms with Gasteiger partial charge in [0.05, 0.1) is 49.3 Å². The van der Waals surface area contributed by atoms with E-state index in [1.165, 1.54) is 103 Å². The van der Waals surface area contributed by atoms with Gasteiger partial charge in [0, 0.05) is 0 Å². The van der Waals surface area contributed by atoms with Crippen LogP contribution >= 0.6 is 0 Å². The number of hydrogen-bond acceptors (Lipinski definition) is 9. The van der Waals surface area contributed by atoms with Crippen LogP contribution in [0.25, 0.3) is 0 Å². The summed E-state index contributed by atoms with van der Waals surface area (Å²) < 4.78 is 8.25. The molecule has 8 N–H and O–H groups in total. The predicted octanol–water partition coefficient (Wildman–Crippen LogP) is 2.48. The van der Waals surface area contributed by atoms with Crippen molar-refractivity contribution in [1.82, 2.24) is 42.5 Å². The minimum absolute atomic E-state index is 0.420. The third kappa shape index (κ3) is 5.27. The second-order valence-corrected chi connectivity index (χ2v) is 15.6. The van der Waals surface area contributed by atoms with E-state index in [1.807, 2.05) is 0 Å². The van der Waals surface area contributed by atoms with Crippen LogP contribution in [-0.2, 0) is 23.7 Å². The molecule has 9 nitrogen and oxygen atoms in total. The number of fused-ring (bicyclic) bond motifs is 20. The molecule has 0 aromatic carbocycles. The zero-order valence-corrected chi connectivity index (χ0v) is 27.0. The molecule has 4 saturated carbocycles. The van der Waals surface area contributed by atoms with Gasteiger partial charge in [-0.25, -0.2) is 0 Å². The van der Waals surface area contributed by atoms with E-state index in [0.717, 1.165) is 67.7 Å². The van der Waals surface area contributed by atoms with E-state index in [1.54, 1.807) is 0 Å². The van der Waals surface area contributed by atoms with Gasteiger partial charge in [-0.2, -0.15) is 0 Å². The Morgan fingerprint density at radius 2 is 0.381 bits per heavy atom. The molecule has 9 rings (SSSR count). The van der Waals surface area contributed by atoms with Gasteiger partial charge in [0.25, 0.3) is 0 Å². The number of rotatable bonds is 0. The molecule has 0 spiro atoms. The van der Waals surface area contributed by atoms with E-state index in [0.29, 0.717) is 49.3 Å². The van der Waals surface area contributed by atoms with E-state index < -0.39 is 0 Å². The third-order valence-electron chi connectivity index (χ3n) is 13.8. The maximum absolute atomic E-state index is 8.25. The SMILES string of the molecule is C1CCC2C3NC(NC4NC(NC5NC(NC6NC(N3)C3CCCCC63)C3CCCCC53)C3CCCCC43)C2C1.[O]=[Ti]. The summed E-state index contributed by atoms with van der Waals surface area (Å²) in [6.07, 6.45) is 25.6. The Morgan fingerprint density at radius 1 is 0.262 bits per heavy atom. The Morgan fingerprint density at radius 3 is 0.500 bits per heavy atom. The molecule has 8 bridgehead atoms. The molecule has 8 unspecified atom stereocenters. The summed E-state index contributed by atoms with van der Waals surface area (Å²) in [7, 11) is 0. The van der Waals surface area contributed by atoms with E-state index in [-0.39, 0.29) is 0 Å². The first-order valence-electron chi connectivity index (χ1n) is 18.1. The summed E-state index contributed by atoms with van der Waals surface area (Å²) in [4.78, 5) is 0. The molecular formula is C32H56N8OTi. The molecule has 0 radical (unpaired) electrons. The summed E-state index contributed by atoms with van der Waals surface area (Å²) in [6.45, 7) is 0. The molecule has 0 amide bonds. The van der Waals surface area contributed by atoms with E-state index in [2.05, 4.69) is 42.5 Å². The second-order valence-electron chi connectivity index (χ2n) is 15.6. The molecule has 0 aromatic rings. The van der Waals surface area contributed by atoms with Gasteiger partial charge >= 0.3 is 23.7 Å². The molecule has 8 atom stereocenters. The summed E-state index contributed by atoms with van der Waals surface area (Å²) in [5, 5.41) is 33.8. The zero-order valence-electron chi connectivity index (χ0n) is 25.5. The molecule has 5 saturated heterocycles. The fourth-order valence-electron chi connectivity index (χ4n) is 12.0. The quantitative estimate of drug-likeness (QED) is 0.195. The standard InChI is InChI=1S/C32H56N8.O.Ti/c1-2-10-18-17(9-1)25-33-26(18)38-28-21-13-5-6-14-22(21)30(35-28)40-32-24-16-8-7-15-23(24)31(36-32)39-29-20-12-4-3-11-19(20)27(34-29)37-25;;/h17-40H,1-16H2;;. The molecule has 4 aliphatic carbocycles. The van der Waals surface area contributed by atoms with Crippen LogP contribution in [0.3, 0.4) is 0 Å². The summed E-state index contributed by atoms with van der Waals surface area (Å²) >= 11 is 0.750. The van der Waals surface area contributed by atoms with Crippen molar-refractivity contribution in [2.45, 2.75) is 152 Å². The summed E-state index contributed by atoms with van der Waals surface area (Å²) in [5.74, 6) is 5.97. The van der Waals surface area contributed by atoms with Gasteiger partial charge < -0.3 is 0 Å². The van der Waals surface area contributed by atoms with Gasteiger partial charge in [-0.1, -0.05) is 51.4 Å². The molecule has 9 aliphatic rings.